The molecule has 2 saturated heterocycles. The minimum Gasteiger partial charge on any atom is -0.493 e. The van der Waals surface area contributed by atoms with Gasteiger partial charge in [-0.15, -0.1) is 11.3 Å². The number of nitrogens with zero attached hydrogens (tertiary/aromatic N) is 2. The van der Waals surface area contributed by atoms with Crippen LogP contribution >= 0.6 is 11.3 Å². The Labute approximate surface area is 170 Å². The highest BCUT2D eigenvalue weighted by molar-refractivity contribution is 7.12. The molecule has 0 radical (unpaired) electrons. The number of amides is 1. The third kappa shape index (κ3) is 5.13. The van der Waals surface area contributed by atoms with Gasteiger partial charge in [-0.25, -0.2) is 0 Å². The third-order valence-electron chi connectivity index (χ3n) is 5.46. The summed E-state index contributed by atoms with van der Waals surface area (Å²) in [5.74, 6) is 1.46. The van der Waals surface area contributed by atoms with Gasteiger partial charge in [0.15, 0.2) is 0 Å². The van der Waals surface area contributed by atoms with E-state index in [1.807, 2.05) is 22.4 Å². The Bertz CT molecular complexity index is 742. The SMILES string of the molecule is O=C(c1cccs1)N1CCCC(COc2ccc(CN3CCOCC3)cc2)C1. The number of carbonyl (C=O) groups excluding carboxylic acids is 1. The molecule has 150 valence electrons. The fourth-order valence-corrected chi connectivity index (χ4v) is 4.56. The second-order valence-electron chi connectivity index (χ2n) is 7.58. The standard InChI is InChI=1S/C22H28N2O3S/c25-22(21-4-2-14-28-21)24-9-1-3-19(16-24)17-27-20-7-5-18(6-8-20)15-23-10-12-26-13-11-23/h2,4-8,14,19H,1,3,9-13,15-17H2. The molecule has 1 aromatic heterocycles. The topological polar surface area (TPSA) is 42.0 Å². The molecule has 2 aliphatic rings. The molecule has 3 heterocycles. The molecule has 0 aliphatic carbocycles. The Balaban J connectivity index is 1.25. The van der Waals surface area contributed by atoms with Crippen LogP contribution in [0.25, 0.3) is 0 Å². The minimum atomic E-state index is 0.159. The normalized spacial score (nSPS) is 20.9. The quantitative estimate of drug-likeness (QED) is 0.744. The van der Waals surface area contributed by atoms with Gasteiger partial charge in [-0.05, 0) is 42.0 Å². The van der Waals surface area contributed by atoms with Gasteiger partial charge in [-0.2, -0.15) is 0 Å². The minimum absolute atomic E-state index is 0.159. The van der Waals surface area contributed by atoms with E-state index in [4.69, 9.17) is 9.47 Å². The van der Waals surface area contributed by atoms with E-state index >= 15 is 0 Å². The summed E-state index contributed by atoms with van der Waals surface area (Å²) in [6, 6.07) is 12.3. The van der Waals surface area contributed by atoms with Gasteiger partial charge in [0, 0.05) is 38.6 Å². The predicted molar refractivity (Wildman–Crippen MR) is 111 cm³/mol. The zero-order valence-electron chi connectivity index (χ0n) is 16.2. The van der Waals surface area contributed by atoms with Crippen molar-refractivity contribution < 1.29 is 14.3 Å². The number of piperidine rings is 1. The summed E-state index contributed by atoms with van der Waals surface area (Å²) in [4.78, 5) is 17.8. The highest BCUT2D eigenvalue weighted by Gasteiger charge is 2.25. The maximum atomic E-state index is 12.6. The van der Waals surface area contributed by atoms with Crippen LogP contribution in [0.2, 0.25) is 0 Å². The lowest BCUT2D eigenvalue weighted by Gasteiger charge is -2.32. The number of ether oxygens (including phenoxy) is 2. The summed E-state index contributed by atoms with van der Waals surface area (Å²) in [7, 11) is 0. The van der Waals surface area contributed by atoms with Crippen LogP contribution in [-0.4, -0.2) is 61.7 Å². The zero-order valence-corrected chi connectivity index (χ0v) is 17.0. The molecule has 0 bridgehead atoms. The van der Waals surface area contributed by atoms with Crippen molar-refractivity contribution in [1.82, 2.24) is 9.80 Å². The van der Waals surface area contributed by atoms with Crippen LogP contribution in [0.3, 0.4) is 0 Å². The van der Waals surface area contributed by atoms with Crippen LogP contribution in [0.4, 0.5) is 0 Å². The highest BCUT2D eigenvalue weighted by Crippen LogP contribution is 2.22. The van der Waals surface area contributed by atoms with Crippen molar-refractivity contribution in [2.75, 3.05) is 46.0 Å². The maximum Gasteiger partial charge on any atom is 0.263 e. The third-order valence-corrected chi connectivity index (χ3v) is 6.31. The van der Waals surface area contributed by atoms with Crippen molar-refractivity contribution >= 4 is 17.2 Å². The lowest BCUT2D eigenvalue weighted by atomic mass is 9.99. The number of rotatable bonds is 6. The molecule has 4 rings (SSSR count). The molecule has 2 aromatic rings. The van der Waals surface area contributed by atoms with Gasteiger partial charge in [-0.3, -0.25) is 9.69 Å². The van der Waals surface area contributed by atoms with Crippen molar-refractivity contribution in [2.45, 2.75) is 19.4 Å². The molecule has 1 unspecified atom stereocenters. The number of benzene rings is 1. The van der Waals surface area contributed by atoms with E-state index in [1.165, 1.54) is 16.9 Å². The van der Waals surface area contributed by atoms with Crippen molar-refractivity contribution in [1.29, 1.82) is 0 Å². The van der Waals surface area contributed by atoms with E-state index in [9.17, 15) is 4.79 Å². The molecule has 1 amide bonds. The van der Waals surface area contributed by atoms with Crippen LogP contribution in [0.5, 0.6) is 5.75 Å². The van der Waals surface area contributed by atoms with E-state index in [1.54, 1.807) is 0 Å². The molecule has 5 nitrogen and oxygen atoms in total. The monoisotopic (exact) mass is 400 g/mol. The Kier molecular flexibility index (Phi) is 6.62. The molecule has 2 fully saturated rings. The van der Waals surface area contributed by atoms with E-state index in [0.717, 1.165) is 69.4 Å². The molecule has 0 saturated carbocycles. The van der Waals surface area contributed by atoms with Gasteiger partial charge in [0.2, 0.25) is 0 Å². The number of carbonyl (C=O) groups is 1. The average Bonchev–Trinajstić information content (AvgIpc) is 3.29. The molecule has 0 N–H and O–H groups in total. The summed E-state index contributed by atoms with van der Waals surface area (Å²) >= 11 is 1.52. The molecule has 0 spiro atoms. The van der Waals surface area contributed by atoms with Gasteiger partial charge in [0.1, 0.15) is 5.75 Å². The van der Waals surface area contributed by atoms with Gasteiger partial charge < -0.3 is 14.4 Å². The number of hydrogen-bond acceptors (Lipinski definition) is 5. The summed E-state index contributed by atoms with van der Waals surface area (Å²) < 4.78 is 11.4. The predicted octanol–water partition coefficient (Wildman–Crippen LogP) is 3.51. The Hall–Kier alpha value is -1.89. The molecule has 28 heavy (non-hydrogen) atoms. The van der Waals surface area contributed by atoms with E-state index in [-0.39, 0.29) is 5.91 Å². The summed E-state index contributed by atoms with van der Waals surface area (Å²) in [5, 5.41) is 1.96. The first kappa shape index (κ1) is 19.4. The van der Waals surface area contributed by atoms with Crippen LogP contribution < -0.4 is 4.74 Å². The van der Waals surface area contributed by atoms with Gasteiger partial charge in [0.25, 0.3) is 5.91 Å². The van der Waals surface area contributed by atoms with Crippen molar-refractivity contribution in [3.63, 3.8) is 0 Å². The smallest absolute Gasteiger partial charge is 0.263 e. The van der Waals surface area contributed by atoms with E-state index in [0.29, 0.717) is 12.5 Å². The average molecular weight is 401 g/mol. The van der Waals surface area contributed by atoms with Crippen LogP contribution in [0.1, 0.15) is 28.1 Å². The van der Waals surface area contributed by atoms with Crippen molar-refractivity contribution in [3.8, 4) is 5.75 Å². The Morgan fingerprint density at radius 3 is 2.71 bits per heavy atom. The summed E-state index contributed by atoms with van der Waals surface area (Å²) in [6.07, 6.45) is 2.16. The lowest BCUT2D eigenvalue weighted by Crippen LogP contribution is -2.41. The largest absolute Gasteiger partial charge is 0.493 e. The number of thiophene rings is 1. The van der Waals surface area contributed by atoms with E-state index in [2.05, 4.69) is 29.2 Å². The van der Waals surface area contributed by atoms with Gasteiger partial charge in [0.05, 0.1) is 24.7 Å². The Morgan fingerprint density at radius 1 is 1.14 bits per heavy atom. The molecule has 1 atom stereocenters. The van der Waals surface area contributed by atoms with Crippen LogP contribution in [0.15, 0.2) is 41.8 Å². The second kappa shape index (κ2) is 9.54. The molecular weight excluding hydrogens is 372 g/mol. The number of likely N-dealkylation sites (tertiary alicyclic amines) is 1. The first-order chi connectivity index (χ1) is 13.8. The molecule has 2 aliphatic heterocycles. The van der Waals surface area contributed by atoms with E-state index < -0.39 is 0 Å². The lowest BCUT2D eigenvalue weighted by molar-refractivity contribution is 0.0342. The van der Waals surface area contributed by atoms with Gasteiger partial charge in [-0.1, -0.05) is 18.2 Å². The molecular formula is C22H28N2O3S. The van der Waals surface area contributed by atoms with Crippen LogP contribution in [0, 0.1) is 5.92 Å². The summed E-state index contributed by atoms with van der Waals surface area (Å²) in [5.41, 5.74) is 1.31. The highest BCUT2D eigenvalue weighted by atomic mass is 32.1. The maximum absolute atomic E-state index is 12.6. The van der Waals surface area contributed by atoms with Crippen LogP contribution in [-0.2, 0) is 11.3 Å². The molecule has 6 heteroatoms. The Morgan fingerprint density at radius 2 is 1.96 bits per heavy atom. The van der Waals surface area contributed by atoms with Crippen molar-refractivity contribution in [2.24, 2.45) is 5.92 Å². The van der Waals surface area contributed by atoms with Crippen molar-refractivity contribution in [3.05, 3.63) is 52.2 Å². The first-order valence-electron chi connectivity index (χ1n) is 10.1. The first-order valence-corrected chi connectivity index (χ1v) is 11.0. The zero-order chi connectivity index (χ0) is 19.2. The fourth-order valence-electron chi connectivity index (χ4n) is 3.86. The fraction of sp³-hybridized carbons (Fsp3) is 0.500. The number of hydrogen-bond donors (Lipinski definition) is 0. The van der Waals surface area contributed by atoms with Gasteiger partial charge >= 0.3 is 0 Å². The second-order valence-corrected chi connectivity index (χ2v) is 8.53. The number of morpholine rings is 1. The molecule has 1 aromatic carbocycles. The summed E-state index contributed by atoms with van der Waals surface area (Å²) in [6.45, 7) is 6.92.